The first-order valence-electron chi connectivity index (χ1n) is 14.1. The van der Waals surface area contributed by atoms with Gasteiger partial charge in [0.25, 0.3) is 5.91 Å². The van der Waals surface area contributed by atoms with Crippen LogP contribution in [-0.2, 0) is 17.4 Å². The highest BCUT2D eigenvalue weighted by atomic mass is 16.4. The van der Waals surface area contributed by atoms with E-state index in [4.69, 9.17) is 0 Å². The Kier molecular flexibility index (Phi) is 6.63. The third kappa shape index (κ3) is 4.57. The van der Waals surface area contributed by atoms with Gasteiger partial charge in [-0.3, -0.25) is 14.6 Å². The Labute approximate surface area is 240 Å². The fourth-order valence-electron chi connectivity index (χ4n) is 7.16. The Morgan fingerprint density at radius 1 is 0.976 bits per heavy atom. The van der Waals surface area contributed by atoms with Gasteiger partial charge in [0.1, 0.15) is 5.60 Å². The van der Waals surface area contributed by atoms with Gasteiger partial charge < -0.3 is 15.5 Å². The summed E-state index contributed by atoms with van der Waals surface area (Å²) < 4.78 is 0. The molecular weight excluding hydrogens is 512 g/mol. The van der Waals surface area contributed by atoms with Crippen LogP contribution in [0.5, 0.6) is 0 Å². The predicted molar refractivity (Wildman–Crippen MR) is 158 cm³/mol. The molecule has 1 aromatic heterocycles. The van der Waals surface area contributed by atoms with Crippen LogP contribution in [0.3, 0.4) is 0 Å². The molecule has 0 aliphatic heterocycles. The molecule has 0 radical (unpaired) electrons. The van der Waals surface area contributed by atoms with E-state index >= 15 is 0 Å². The van der Waals surface area contributed by atoms with Gasteiger partial charge in [-0.05, 0) is 80.0 Å². The van der Waals surface area contributed by atoms with Crippen molar-refractivity contribution >= 4 is 17.4 Å². The zero-order valence-electron chi connectivity index (χ0n) is 23.3. The van der Waals surface area contributed by atoms with E-state index in [2.05, 4.69) is 22.4 Å². The van der Waals surface area contributed by atoms with E-state index in [1.54, 1.807) is 37.4 Å². The Morgan fingerprint density at radius 2 is 1.68 bits per heavy atom. The van der Waals surface area contributed by atoms with Gasteiger partial charge in [-0.25, -0.2) is 0 Å². The molecule has 6 nitrogen and oxygen atoms in total. The molecule has 208 valence electrons. The smallest absolute Gasteiger partial charge is 0.255 e. The van der Waals surface area contributed by atoms with Gasteiger partial charge in [0, 0.05) is 29.2 Å². The number of nitrogens with zero attached hydrogens (tertiary/aromatic N) is 1. The van der Waals surface area contributed by atoms with Gasteiger partial charge >= 0.3 is 0 Å². The molecule has 6 heteroatoms. The molecular formula is C35H34N2O4. The molecule has 2 aliphatic carbocycles. The van der Waals surface area contributed by atoms with E-state index in [0.29, 0.717) is 34.5 Å². The quantitative estimate of drug-likeness (QED) is 0.296. The zero-order chi connectivity index (χ0) is 28.8. The number of Topliss-reactive ketones (excluding diaryl/α,β-unsaturated/α-hetero) is 1. The number of aryl methyl sites for hydroxylation is 1. The number of carbonyl (C=O) groups is 2. The molecule has 3 aromatic carbocycles. The molecule has 4 aromatic rings. The minimum atomic E-state index is -1.52. The average Bonchev–Trinajstić information content (AvgIpc) is 2.97. The summed E-state index contributed by atoms with van der Waals surface area (Å²) in [5.74, 6) is -0.589. The van der Waals surface area contributed by atoms with Crippen molar-refractivity contribution in [2.45, 2.75) is 56.1 Å². The largest absolute Gasteiger partial charge is 0.387 e. The lowest BCUT2D eigenvalue weighted by atomic mass is 9.48. The van der Waals surface area contributed by atoms with Crippen LogP contribution in [0.15, 0.2) is 97.2 Å². The second-order valence-electron chi connectivity index (χ2n) is 11.9. The van der Waals surface area contributed by atoms with E-state index in [0.717, 1.165) is 11.1 Å². The maximum atomic E-state index is 13.7. The molecule has 1 heterocycles. The van der Waals surface area contributed by atoms with Crippen LogP contribution >= 0.6 is 0 Å². The third-order valence-corrected chi connectivity index (χ3v) is 9.29. The van der Waals surface area contributed by atoms with Crippen molar-refractivity contribution in [3.8, 4) is 0 Å². The number of hydrogen-bond acceptors (Lipinski definition) is 5. The summed E-state index contributed by atoms with van der Waals surface area (Å²) in [5, 5.41) is 27.0. The first-order chi connectivity index (χ1) is 19.6. The number of ketones is 1. The second-order valence-corrected chi connectivity index (χ2v) is 11.9. The van der Waals surface area contributed by atoms with E-state index < -0.39 is 16.6 Å². The highest BCUT2D eigenvalue weighted by molar-refractivity contribution is 6.07. The number of nitrogens with one attached hydrogen (secondary N) is 1. The number of anilines is 1. The van der Waals surface area contributed by atoms with Crippen molar-refractivity contribution in [1.29, 1.82) is 0 Å². The van der Waals surface area contributed by atoms with Crippen molar-refractivity contribution in [1.82, 2.24) is 4.98 Å². The Morgan fingerprint density at radius 3 is 2.39 bits per heavy atom. The number of aromatic nitrogens is 1. The van der Waals surface area contributed by atoms with Crippen molar-refractivity contribution in [3.05, 3.63) is 131 Å². The fraction of sp³-hybridized carbons (Fsp3) is 0.286. The molecule has 0 saturated heterocycles. The van der Waals surface area contributed by atoms with Crippen LogP contribution < -0.4 is 5.32 Å². The SMILES string of the molecule is Cc1ncccc1NC(=O)c1ccc2c(c1)C(=O)C[C@@H]1C[C@@](O)(c3ccccc3)[C@](C)(O)C[C@@]21Cc1ccccc1. The Balaban J connectivity index is 1.45. The topological polar surface area (TPSA) is 99.5 Å². The molecule has 0 spiro atoms. The summed E-state index contributed by atoms with van der Waals surface area (Å²) in [6, 6.07) is 28.2. The summed E-state index contributed by atoms with van der Waals surface area (Å²) in [4.78, 5) is 31.2. The Hall–Kier alpha value is -4.13. The first kappa shape index (κ1) is 27.1. The molecule has 2 aliphatic rings. The number of amides is 1. The van der Waals surface area contributed by atoms with Crippen LogP contribution in [0.25, 0.3) is 0 Å². The van der Waals surface area contributed by atoms with Gasteiger partial charge in [0.15, 0.2) is 5.78 Å². The molecule has 6 rings (SSSR count). The van der Waals surface area contributed by atoms with Crippen molar-refractivity contribution in [2.75, 3.05) is 5.32 Å². The maximum absolute atomic E-state index is 13.7. The van der Waals surface area contributed by atoms with Crippen molar-refractivity contribution in [2.24, 2.45) is 5.92 Å². The monoisotopic (exact) mass is 546 g/mol. The van der Waals surface area contributed by atoms with E-state index in [9.17, 15) is 19.8 Å². The number of aliphatic hydroxyl groups is 2. The minimum absolute atomic E-state index is 0.0575. The van der Waals surface area contributed by atoms with Crippen LogP contribution in [0.2, 0.25) is 0 Å². The summed E-state index contributed by atoms with van der Waals surface area (Å²) in [6.07, 6.45) is 2.98. The van der Waals surface area contributed by atoms with Gasteiger partial charge in [0.2, 0.25) is 0 Å². The van der Waals surface area contributed by atoms with Gasteiger partial charge in [0.05, 0.1) is 17.0 Å². The van der Waals surface area contributed by atoms with Gasteiger partial charge in [-0.15, -0.1) is 0 Å². The number of pyridine rings is 1. The average molecular weight is 547 g/mol. The summed E-state index contributed by atoms with van der Waals surface area (Å²) in [7, 11) is 0. The van der Waals surface area contributed by atoms with Crippen molar-refractivity contribution in [3.63, 3.8) is 0 Å². The van der Waals surface area contributed by atoms with E-state index in [-0.39, 0.29) is 36.9 Å². The lowest BCUT2D eigenvalue weighted by molar-refractivity contribution is -0.203. The molecule has 0 unspecified atom stereocenters. The standard InChI is InChI=1S/C35H34N2O4/c1-23-30(14-9-17-36-23)37-32(39)25-15-16-29-28(18-25)31(38)19-27-21-35(41,26-12-7-4-8-13-26)33(2,40)22-34(27,29)20-24-10-5-3-6-11-24/h3-18,27,40-41H,19-22H2,1-2H3,(H,37,39)/t27-,33-,34-,35-/m1/s1. The molecule has 4 atom stereocenters. The highest BCUT2D eigenvalue weighted by Gasteiger charge is 2.62. The lowest BCUT2D eigenvalue weighted by Gasteiger charge is -2.59. The lowest BCUT2D eigenvalue weighted by Crippen LogP contribution is -2.63. The normalized spacial score (nSPS) is 27.0. The predicted octanol–water partition coefficient (Wildman–Crippen LogP) is 5.76. The fourth-order valence-corrected chi connectivity index (χ4v) is 7.16. The van der Waals surface area contributed by atoms with Crippen molar-refractivity contribution < 1.29 is 19.8 Å². The van der Waals surface area contributed by atoms with Crippen LogP contribution in [0.1, 0.15) is 69.3 Å². The van der Waals surface area contributed by atoms with Gasteiger partial charge in [-0.1, -0.05) is 66.7 Å². The van der Waals surface area contributed by atoms with Gasteiger partial charge in [-0.2, -0.15) is 0 Å². The van der Waals surface area contributed by atoms with E-state index in [1.807, 2.05) is 61.5 Å². The number of hydrogen-bond donors (Lipinski definition) is 3. The van der Waals surface area contributed by atoms with Crippen LogP contribution in [0, 0.1) is 12.8 Å². The molecule has 3 N–H and O–H groups in total. The number of carbonyl (C=O) groups excluding carboxylic acids is 2. The number of fused-ring (bicyclic) bond motifs is 3. The molecule has 1 saturated carbocycles. The number of benzene rings is 3. The van der Waals surface area contributed by atoms with Crippen LogP contribution in [-0.4, -0.2) is 32.5 Å². The van der Waals surface area contributed by atoms with Crippen LogP contribution in [0.4, 0.5) is 5.69 Å². The first-order valence-corrected chi connectivity index (χ1v) is 14.1. The highest BCUT2D eigenvalue weighted by Crippen LogP contribution is 2.59. The molecule has 1 amide bonds. The number of rotatable bonds is 5. The summed E-state index contributed by atoms with van der Waals surface area (Å²) >= 11 is 0. The third-order valence-electron chi connectivity index (χ3n) is 9.29. The van der Waals surface area contributed by atoms with E-state index in [1.165, 1.54) is 0 Å². The molecule has 1 fully saturated rings. The molecule has 41 heavy (non-hydrogen) atoms. The second kappa shape index (κ2) is 10.1. The zero-order valence-corrected chi connectivity index (χ0v) is 23.3. The Bertz CT molecular complexity index is 1620. The minimum Gasteiger partial charge on any atom is -0.387 e. The molecule has 0 bridgehead atoms. The summed E-state index contributed by atoms with van der Waals surface area (Å²) in [5.41, 5.74) is 1.16. The summed E-state index contributed by atoms with van der Waals surface area (Å²) in [6.45, 7) is 3.53. The maximum Gasteiger partial charge on any atom is 0.255 e.